The van der Waals surface area contributed by atoms with E-state index in [0.717, 1.165) is 25.2 Å². The van der Waals surface area contributed by atoms with E-state index in [0.29, 0.717) is 29.5 Å². The Morgan fingerprint density at radius 2 is 2.16 bits per heavy atom. The van der Waals surface area contributed by atoms with Crippen molar-refractivity contribution in [2.24, 2.45) is 0 Å². The summed E-state index contributed by atoms with van der Waals surface area (Å²) in [6.45, 7) is 4.52. The first kappa shape index (κ1) is 21.8. The van der Waals surface area contributed by atoms with Crippen LogP contribution in [0.5, 0.6) is 0 Å². The number of aryl methyl sites for hydroxylation is 1. The summed E-state index contributed by atoms with van der Waals surface area (Å²) >= 11 is 6.16. The van der Waals surface area contributed by atoms with Gasteiger partial charge in [-0.1, -0.05) is 23.7 Å². The van der Waals surface area contributed by atoms with E-state index in [2.05, 4.69) is 17.2 Å². The maximum absolute atomic E-state index is 12.3. The average Bonchev–Trinajstić information content (AvgIpc) is 3.02. The van der Waals surface area contributed by atoms with Gasteiger partial charge in [0.15, 0.2) is 11.7 Å². The Bertz CT molecular complexity index is 693. The van der Waals surface area contributed by atoms with Gasteiger partial charge in [-0.25, -0.2) is 4.98 Å². The van der Waals surface area contributed by atoms with Gasteiger partial charge >= 0.3 is 0 Å². The number of rotatable bonds is 4. The van der Waals surface area contributed by atoms with Crippen LogP contribution in [0.4, 0.5) is 0 Å². The Labute approximate surface area is 164 Å². The molecule has 0 spiro atoms. The molecule has 0 unspecified atom stereocenters. The van der Waals surface area contributed by atoms with Crippen molar-refractivity contribution in [3.05, 3.63) is 41.4 Å². The molecule has 0 aliphatic carbocycles. The summed E-state index contributed by atoms with van der Waals surface area (Å²) < 4.78 is 5.74. The van der Waals surface area contributed by atoms with Gasteiger partial charge in [0.25, 0.3) is 0 Å². The van der Waals surface area contributed by atoms with Gasteiger partial charge in [-0.3, -0.25) is 4.79 Å². The summed E-state index contributed by atoms with van der Waals surface area (Å²) in [6.07, 6.45) is 2.57. The molecule has 1 aliphatic heterocycles. The Kier molecular flexibility index (Phi) is 8.73. The lowest BCUT2D eigenvalue weighted by molar-refractivity contribution is -0.134. The lowest BCUT2D eigenvalue weighted by atomic mass is 10.2. The maximum atomic E-state index is 12.3. The van der Waals surface area contributed by atoms with Crippen LogP contribution < -0.4 is 5.32 Å². The van der Waals surface area contributed by atoms with Crippen LogP contribution >= 0.6 is 36.4 Å². The van der Waals surface area contributed by atoms with E-state index < -0.39 is 0 Å². The molecule has 2 aromatic rings. The molecular formula is C17H22Cl3N3O2. The van der Waals surface area contributed by atoms with Gasteiger partial charge < -0.3 is 14.6 Å². The minimum atomic E-state index is 0. The number of nitrogens with zero attached hydrogens (tertiary/aromatic N) is 2. The third-order valence-corrected chi connectivity index (χ3v) is 4.40. The lowest BCUT2D eigenvalue weighted by Crippen LogP contribution is -2.52. The fraction of sp³-hybridized carbons (Fsp3) is 0.412. The van der Waals surface area contributed by atoms with E-state index in [1.165, 1.54) is 0 Å². The van der Waals surface area contributed by atoms with Crippen molar-refractivity contribution in [3.63, 3.8) is 0 Å². The second-order valence-electron chi connectivity index (χ2n) is 5.74. The summed E-state index contributed by atoms with van der Waals surface area (Å²) in [5.74, 6) is 1.35. The molecule has 2 heterocycles. The monoisotopic (exact) mass is 405 g/mol. The van der Waals surface area contributed by atoms with Crippen LogP contribution in [-0.2, 0) is 11.2 Å². The second-order valence-corrected chi connectivity index (χ2v) is 6.15. The van der Waals surface area contributed by atoms with Crippen molar-refractivity contribution in [2.75, 3.05) is 19.6 Å². The van der Waals surface area contributed by atoms with Crippen molar-refractivity contribution in [2.45, 2.75) is 25.8 Å². The molecule has 1 aromatic heterocycles. The molecule has 8 heteroatoms. The van der Waals surface area contributed by atoms with Gasteiger partial charge in [-0.15, -0.1) is 24.8 Å². The highest BCUT2D eigenvalue weighted by molar-refractivity contribution is 6.33. The summed E-state index contributed by atoms with van der Waals surface area (Å²) in [7, 11) is 0. The molecule has 1 aliphatic rings. The molecule has 1 saturated heterocycles. The topological polar surface area (TPSA) is 58.4 Å². The van der Waals surface area contributed by atoms with Gasteiger partial charge in [0.1, 0.15) is 0 Å². The number of piperazine rings is 1. The number of aromatic nitrogens is 1. The molecule has 0 bridgehead atoms. The zero-order valence-electron chi connectivity index (χ0n) is 13.9. The molecule has 1 aromatic carbocycles. The van der Waals surface area contributed by atoms with Crippen LogP contribution in [-0.4, -0.2) is 41.5 Å². The number of carbonyl (C=O) groups is 1. The Hall–Kier alpha value is -1.27. The summed E-state index contributed by atoms with van der Waals surface area (Å²) in [5.41, 5.74) is 0.815. The number of oxazole rings is 1. The molecule has 1 amide bonds. The van der Waals surface area contributed by atoms with E-state index in [1.54, 1.807) is 6.20 Å². The van der Waals surface area contributed by atoms with Crippen LogP contribution in [0.3, 0.4) is 0 Å². The molecule has 25 heavy (non-hydrogen) atoms. The zero-order valence-corrected chi connectivity index (χ0v) is 16.3. The molecule has 1 N–H and O–H groups in total. The molecule has 1 fully saturated rings. The maximum Gasteiger partial charge on any atom is 0.223 e. The minimum Gasteiger partial charge on any atom is -0.441 e. The van der Waals surface area contributed by atoms with Crippen molar-refractivity contribution >= 4 is 42.3 Å². The highest BCUT2D eigenvalue weighted by Crippen LogP contribution is 2.28. The molecule has 5 nitrogen and oxygen atoms in total. The predicted octanol–water partition coefficient (Wildman–Crippen LogP) is 3.59. The van der Waals surface area contributed by atoms with E-state index >= 15 is 0 Å². The van der Waals surface area contributed by atoms with Gasteiger partial charge in [0.2, 0.25) is 5.91 Å². The molecule has 0 radical (unpaired) electrons. The summed E-state index contributed by atoms with van der Waals surface area (Å²) in [6, 6.07) is 7.71. The highest BCUT2D eigenvalue weighted by Gasteiger charge is 2.23. The smallest absolute Gasteiger partial charge is 0.223 e. The van der Waals surface area contributed by atoms with E-state index in [9.17, 15) is 4.79 Å². The SMILES string of the molecule is C[C@H]1CNCCN1C(=O)CCc1ncc(-c2ccccc2Cl)o1.Cl.Cl. The van der Waals surface area contributed by atoms with Gasteiger partial charge in [-0.05, 0) is 19.1 Å². The Morgan fingerprint density at radius 1 is 1.40 bits per heavy atom. The van der Waals surface area contributed by atoms with E-state index in [1.807, 2.05) is 29.2 Å². The van der Waals surface area contributed by atoms with E-state index in [4.69, 9.17) is 16.0 Å². The van der Waals surface area contributed by atoms with Crippen molar-refractivity contribution in [3.8, 4) is 11.3 Å². The van der Waals surface area contributed by atoms with Crippen LogP contribution in [0.2, 0.25) is 5.02 Å². The van der Waals surface area contributed by atoms with Crippen LogP contribution in [0.1, 0.15) is 19.2 Å². The van der Waals surface area contributed by atoms with Crippen molar-refractivity contribution in [1.82, 2.24) is 15.2 Å². The largest absolute Gasteiger partial charge is 0.441 e. The molecule has 0 saturated carbocycles. The fourth-order valence-corrected chi connectivity index (χ4v) is 3.01. The van der Waals surface area contributed by atoms with Gasteiger partial charge in [0.05, 0.1) is 11.2 Å². The Morgan fingerprint density at radius 3 is 2.88 bits per heavy atom. The number of nitrogens with one attached hydrogen (secondary N) is 1. The number of hydrogen-bond acceptors (Lipinski definition) is 4. The first-order valence-electron chi connectivity index (χ1n) is 7.85. The predicted molar refractivity (Wildman–Crippen MR) is 104 cm³/mol. The van der Waals surface area contributed by atoms with E-state index in [-0.39, 0.29) is 36.8 Å². The van der Waals surface area contributed by atoms with Crippen LogP contribution in [0.25, 0.3) is 11.3 Å². The molecular weight excluding hydrogens is 385 g/mol. The molecule has 1 atom stereocenters. The number of halogens is 3. The third-order valence-electron chi connectivity index (χ3n) is 4.07. The lowest BCUT2D eigenvalue weighted by Gasteiger charge is -2.34. The highest BCUT2D eigenvalue weighted by atomic mass is 35.5. The number of hydrogen-bond donors (Lipinski definition) is 1. The van der Waals surface area contributed by atoms with Gasteiger partial charge in [-0.2, -0.15) is 0 Å². The summed E-state index contributed by atoms with van der Waals surface area (Å²) in [4.78, 5) is 18.5. The van der Waals surface area contributed by atoms with Crippen molar-refractivity contribution in [1.29, 1.82) is 0 Å². The standard InChI is InChI=1S/C17H20ClN3O2.2ClH/c1-12-10-19-8-9-21(12)17(22)7-6-16-20-11-15(23-16)13-4-2-3-5-14(13)18;;/h2-5,11-12,19H,6-10H2,1H3;2*1H/t12-;;/m0../s1. The third kappa shape index (κ3) is 5.35. The van der Waals surface area contributed by atoms with Gasteiger partial charge in [0, 0.05) is 44.1 Å². The second kappa shape index (κ2) is 10.0. The number of amides is 1. The quantitative estimate of drug-likeness (QED) is 0.843. The summed E-state index contributed by atoms with van der Waals surface area (Å²) in [5, 5.41) is 3.91. The minimum absolute atomic E-state index is 0. The first-order chi connectivity index (χ1) is 11.1. The normalized spacial score (nSPS) is 16.7. The molecule has 138 valence electrons. The van der Waals surface area contributed by atoms with Crippen molar-refractivity contribution < 1.29 is 9.21 Å². The Balaban J connectivity index is 0.00000156. The van der Waals surface area contributed by atoms with Crippen LogP contribution in [0, 0.1) is 0 Å². The first-order valence-corrected chi connectivity index (χ1v) is 8.22. The molecule has 3 rings (SSSR count). The number of carbonyl (C=O) groups excluding carboxylic acids is 1. The number of benzene rings is 1. The zero-order chi connectivity index (χ0) is 16.2. The van der Waals surface area contributed by atoms with Crippen LogP contribution in [0.15, 0.2) is 34.9 Å². The fourth-order valence-electron chi connectivity index (χ4n) is 2.78. The average molecular weight is 407 g/mol.